The molecule has 0 saturated carbocycles. The maximum atomic E-state index is 12.6. The maximum Gasteiger partial charge on any atom is 0.387 e. The lowest BCUT2D eigenvalue weighted by atomic mass is 10.1. The summed E-state index contributed by atoms with van der Waals surface area (Å²) >= 11 is 1.47. The average molecular weight is 413 g/mol. The van der Waals surface area contributed by atoms with E-state index in [1.165, 1.54) is 17.4 Å². The van der Waals surface area contributed by atoms with Crippen molar-refractivity contribution >= 4 is 39.1 Å². The van der Waals surface area contributed by atoms with E-state index in [4.69, 9.17) is 0 Å². The van der Waals surface area contributed by atoms with Gasteiger partial charge in [0, 0.05) is 16.1 Å². The Morgan fingerprint density at radius 3 is 2.42 bits per heavy atom. The molecule has 0 fully saturated rings. The molecule has 1 aromatic heterocycles. The standard InChI is InChI=1S/C17H14F2N2OS.BrH/c1-11-15(13-9-5-6-10-14(13)22-16(18)19)21-17(23-11)20-12-7-3-2-4-8-12;/h2-10,16H,1H3,(H,20,21);1H. The smallest absolute Gasteiger partial charge is 0.387 e. The van der Waals surface area contributed by atoms with Crippen molar-refractivity contribution < 1.29 is 13.5 Å². The molecule has 0 aliphatic rings. The van der Waals surface area contributed by atoms with Crippen LogP contribution in [0.5, 0.6) is 5.75 Å². The Morgan fingerprint density at radius 2 is 1.71 bits per heavy atom. The van der Waals surface area contributed by atoms with Crippen LogP contribution in [0.2, 0.25) is 0 Å². The Morgan fingerprint density at radius 1 is 1.04 bits per heavy atom. The molecule has 24 heavy (non-hydrogen) atoms. The van der Waals surface area contributed by atoms with Crippen LogP contribution in [0.4, 0.5) is 19.6 Å². The van der Waals surface area contributed by atoms with Crippen LogP contribution in [-0.2, 0) is 0 Å². The minimum atomic E-state index is -2.86. The molecule has 0 aliphatic heterocycles. The van der Waals surface area contributed by atoms with Gasteiger partial charge in [-0.3, -0.25) is 0 Å². The summed E-state index contributed by atoms with van der Waals surface area (Å²) in [5.74, 6) is 0.127. The molecule has 0 bridgehead atoms. The monoisotopic (exact) mass is 412 g/mol. The fraction of sp³-hybridized carbons (Fsp3) is 0.118. The molecule has 0 unspecified atom stereocenters. The number of nitrogens with one attached hydrogen (secondary N) is 1. The highest BCUT2D eigenvalue weighted by molar-refractivity contribution is 8.93. The molecule has 1 N–H and O–H groups in total. The van der Waals surface area contributed by atoms with Gasteiger partial charge in [-0.2, -0.15) is 8.78 Å². The molecule has 7 heteroatoms. The number of alkyl halides is 2. The van der Waals surface area contributed by atoms with E-state index in [0.29, 0.717) is 16.4 Å². The van der Waals surface area contributed by atoms with Crippen LogP contribution >= 0.6 is 28.3 Å². The minimum Gasteiger partial charge on any atom is -0.434 e. The Bertz CT molecular complexity index is 796. The number of hydrogen-bond donors (Lipinski definition) is 1. The van der Waals surface area contributed by atoms with E-state index in [1.807, 2.05) is 37.3 Å². The van der Waals surface area contributed by atoms with Crippen LogP contribution in [-0.4, -0.2) is 11.6 Å². The summed E-state index contributed by atoms with van der Waals surface area (Å²) < 4.78 is 29.7. The summed E-state index contributed by atoms with van der Waals surface area (Å²) in [4.78, 5) is 5.45. The second kappa shape index (κ2) is 8.21. The van der Waals surface area contributed by atoms with Crippen LogP contribution in [0.3, 0.4) is 0 Å². The van der Waals surface area contributed by atoms with Crippen LogP contribution < -0.4 is 10.1 Å². The lowest BCUT2D eigenvalue weighted by Crippen LogP contribution is -2.03. The van der Waals surface area contributed by atoms with Crippen LogP contribution in [0.15, 0.2) is 54.6 Å². The topological polar surface area (TPSA) is 34.2 Å². The fourth-order valence-corrected chi connectivity index (χ4v) is 3.05. The first-order chi connectivity index (χ1) is 11.1. The van der Waals surface area contributed by atoms with Crippen molar-refractivity contribution in [1.29, 1.82) is 0 Å². The number of ether oxygens (including phenoxy) is 1. The Kier molecular flexibility index (Phi) is 6.28. The molecule has 0 aliphatic carbocycles. The highest BCUT2D eigenvalue weighted by Crippen LogP contribution is 2.37. The van der Waals surface area contributed by atoms with E-state index in [2.05, 4.69) is 15.0 Å². The number of aromatic nitrogens is 1. The van der Waals surface area contributed by atoms with Crippen LogP contribution in [0, 0.1) is 6.92 Å². The van der Waals surface area contributed by atoms with Gasteiger partial charge < -0.3 is 10.1 Å². The zero-order valence-corrected chi connectivity index (χ0v) is 15.2. The van der Waals surface area contributed by atoms with Crippen molar-refractivity contribution in [3.8, 4) is 17.0 Å². The van der Waals surface area contributed by atoms with Crippen LogP contribution in [0.25, 0.3) is 11.3 Å². The summed E-state index contributed by atoms with van der Waals surface area (Å²) in [5, 5.41) is 3.92. The van der Waals surface area contributed by atoms with Crippen molar-refractivity contribution in [3.05, 3.63) is 59.5 Å². The predicted octanol–water partition coefficient (Wildman–Crippen LogP) is 6.04. The van der Waals surface area contributed by atoms with E-state index in [9.17, 15) is 8.78 Å². The van der Waals surface area contributed by atoms with Gasteiger partial charge in [0.15, 0.2) is 5.13 Å². The van der Waals surface area contributed by atoms with Gasteiger partial charge in [-0.15, -0.1) is 28.3 Å². The number of hydrogen-bond acceptors (Lipinski definition) is 4. The molecule has 0 radical (unpaired) electrons. The molecule has 0 spiro atoms. The Labute approximate surface area is 153 Å². The molecule has 0 atom stereocenters. The second-order valence-electron chi connectivity index (χ2n) is 4.79. The number of halogens is 3. The molecular formula is C17H15BrF2N2OS. The summed E-state index contributed by atoms with van der Waals surface area (Å²) in [6.45, 7) is -0.959. The Balaban J connectivity index is 0.00000208. The van der Waals surface area contributed by atoms with Gasteiger partial charge in [0.1, 0.15) is 5.75 Å². The molecule has 3 rings (SSSR count). The molecule has 3 aromatic rings. The number of para-hydroxylation sites is 2. The Hall–Kier alpha value is -1.99. The first-order valence-corrected chi connectivity index (χ1v) is 7.79. The molecule has 2 aromatic carbocycles. The number of thiazole rings is 1. The molecular weight excluding hydrogens is 398 g/mol. The van der Waals surface area contributed by atoms with Gasteiger partial charge in [-0.25, -0.2) is 4.98 Å². The maximum absolute atomic E-state index is 12.6. The van der Waals surface area contributed by atoms with Crippen molar-refractivity contribution in [1.82, 2.24) is 4.98 Å². The second-order valence-corrected chi connectivity index (χ2v) is 5.99. The van der Waals surface area contributed by atoms with Gasteiger partial charge >= 0.3 is 6.61 Å². The van der Waals surface area contributed by atoms with E-state index in [-0.39, 0.29) is 22.7 Å². The fourth-order valence-electron chi connectivity index (χ4n) is 2.21. The van der Waals surface area contributed by atoms with Gasteiger partial charge in [0.2, 0.25) is 0 Å². The molecule has 1 heterocycles. The van der Waals surface area contributed by atoms with Crippen molar-refractivity contribution in [2.24, 2.45) is 0 Å². The number of nitrogens with zero attached hydrogens (tertiary/aromatic N) is 1. The first kappa shape index (κ1) is 18.4. The molecule has 0 amide bonds. The van der Waals surface area contributed by atoms with Gasteiger partial charge in [0.25, 0.3) is 0 Å². The SMILES string of the molecule is Br.Cc1sc(Nc2ccccc2)nc1-c1ccccc1OC(F)F. The van der Waals surface area contributed by atoms with Crippen molar-refractivity contribution in [2.75, 3.05) is 5.32 Å². The summed E-state index contributed by atoms with van der Waals surface area (Å²) in [5.41, 5.74) is 2.12. The summed E-state index contributed by atoms with van der Waals surface area (Å²) in [6, 6.07) is 16.3. The normalized spacial score (nSPS) is 10.3. The van der Waals surface area contributed by atoms with Crippen LogP contribution in [0.1, 0.15) is 4.88 Å². The third-order valence-corrected chi connectivity index (χ3v) is 4.07. The first-order valence-electron chi connectivity index (χ1n) is 6.97. The third-order valence-electron chi connectivity index (χ3n) is 3.18. The lowest BCUT2D eigenvalue weighted by molar-refractivity contribution is -0.0494. The van der Waals surface area contributed by atoms with E-state index < -0.39 is 6.61 Å². The summed E-state index contributed by atoms with van der Waals surface area (Å²) in [7, 11) is 0. The molecule has 126 valence electrons. The zero-order valence-electron chi connectivity index (χ0n) is 12.7. The number of rotatable bonds is 5. The molecule has 0 saturated heterocycles. The third kappa shape index (κ3) is 4.30. The van der Waals surface area contributed by atoms with Gasteiger partial charge in [0.05, 0.1) is 5.69 Å². The quantitative estimate of drug-likeness (QED) is 0.554. The zero-order chi connectivity index (χ0) is 16.2. The lowest BCUT2D eigenvalue weighted by Gasteiger charge is -2.09. The largest absolute Gasteiger partial charge is 0.434 e. The highest BCUT2D eigenvalue weighted by atomic mass is 79.9. The minimum absolute atomic E-state index is 0. The summed E-state index contributed by atoms with van der Waals surface area (Å²) in [6.07, 6.45) is 0. The van der Waals surface area contributed by atoms with E-state index >= 15 is 0 Å². The van der Waals surface area contributed by atoms with E-state index in [0.717, 1.165) is 10.6 Å². The highest BCUT2D eigenvalue weighted by Gasteiger charge is 2.16. The van der Waals surface area contributed by atoms with E-state index in [1.54, 1.807) is 18.2 Å². The van der Waals surface area contributed by atoms with Gasteiger partial charge in [-0.1, -0.05) is 30.3 Å². The number of aryl methyl sites for hydroxylation is 1. The van der Waals surface area contributed by atoms with Gasteiger partial charge in [-0.05, 0) is 31.2 Å². The average Bonchev–Trinajstić information content (AvgIpc) is 2.88. The number of anilines is 2. The predicted molar refractivity (Wildman–Crippen MR) is 99.0 cm³/mol. The van der Waals surface area contributed by atoms with Crippen molar-refractivity contribution in [2.45, 2.75) is 13.5 Å². The van der Waals surface area contributed by atoms with Crippen molar-refractivity contribution in [3.63, 3.8) is 0 Å². The number of benzene rings is 2. The molecule has 3 nitrogen and oxygen atoms in total.